The number of carbonyl (C=O) groups is 1. The Labute approximate surface area is 94.2 Å². The molecule has 2 rings (SSSR count). The van der Waals surface area contributed by atoms with Crippen LogP contribution in [0, 0.1) is 0 Å². The van der Waals surface area contributed by atoms with Crippen LogP contribution in [0.25, 0.3) is 0 Å². The number of benzene rings is 1. The molecule has 1 aliphatic carbocycles. The molecule has 80 valence electrons. The summed E-state index contributed by atoms with van der Waals surface area (Å²) in [5.41, 5.74) is 0.493. The first kappa shape index (κ1) is 10.5. The molecule has 2 nitrogen and oxygen atoms in total. The summed E-state index contributed by atoms with van der Waals surface area (Å²) < 4.78 is 5.76. The van der Waals surface area contributed by atoms with Crippen LogP contribution in [-0.4, -0.2) is 11.3 Å². The maximum Gasteiger partial charge on any atom is 0.252 e. The molecular formula is C12H13ClO2. The molecular weight excluding hydrogens is 212 g/mol. The predicted octanol–water partition coefficient (Wildman–Crippen LogP) is 3.39. The molecule has 0 unspecified atom stereocenters. The Kier molecular flexibility index (Phi) is 3.27. The van der Waals surface area contributed by atoms with Gasteiger partial charge < -0.3 is 4.74 Å². The molecule has 3 heteroatoms. The van der Waals surface area contributed by atoms with Gasteiger partial charge in [0.1, 0.15) is 5.75 Å². The Bertz CT molecular complexity index is 356. The second-order valence-electron chi connectivity index (χ2n) is 3.83. The number of halogens is 1. The summed E-state index contributed by atoms with van der Waals surface area (Å²) in [4.78, 5) is 10.9. The lowest BCUT2D eigenvalue weighted by molar-refractivity contribution is 0.108. The topological polar surface area (TPSA) is 26.3 Å². The maximum atomic E-state index is 10.9. The fourth-order valence-electron chi connectivity index (χ4n) is 1.89. The average molecular weight is 225 g/mol. The monoisotopic (exact) mass is 224 g/mol. The van der Waals surface area contributed by atoms with Crippen LogP contribution in [0.4, 0.5) is 0 Å². The van der Waals surface area contributed by atoms with E-state index < -0.39 is 5.24 Å². The van der Waals surface area contributed by atoms with Crippen LogP contribution in [0.5, 0.6) is 5.75 Å². The number of carbonyl (C=O) groups excluding carboxylic acids is 1. The van der Waals surface area contributed by atoms with Crippen LogP contribution in [0.1, 0.15) is 36.0 Å². The Balaban J connectivity index is 2.07. The van der Waals surface area contributed by atoms with Gasteiger partial charge in [0, 0.05) is 5.56 Å². The molecule has 0 N–H and O–H groups in total. The van der Waals surface area contributed by atoms with E-state index in [-0.39, 0.29) is 0 Å². The van der Waals surface area contributed by atoms with E-state index in [0.29, 0.717) is 11.7 Å². The van der Waals surface area contributed by atoms with E-state index in [4.69, 9.17) is 16.3 Å². The second-order valence-corrected chi connectivity index (χ2v) is 4.17. The van der Waals surface area contributed by atoms with Crippen LogP contribution in [0.3, 0.4) is 0 Å². The van der Waals surface area contributed by atoms with Gasteiger partial charge in [-0.1, -0.05) is 6.07 Å². The molecule has 15 heavy (non-hydrogen) atoms. The van der Waals surface area contributed by atoms with Crippen molar-refractivity contribution in [1.82, 2.24) is 0 Å². The molecule has 0 heterocycles. The van der Waals surface area contributed by atoms with Gasteiger partial charge in [-0.25, -0.2) is 0 Å². The quantitative estimate of drug-likeness (QED) is 0.736. The second kappa shape index (κ2) is 4.67. The third-order valence-electron chi connectivity index (χ3n) is 2.67. The van der Waals surface area contributed by atoms with E-state index in [1.165, 1.54) is 12.8 Å². The molecule has 0 radical (unpaired) electrons. The Morgan fingerprint density at radius 3 is 2.73 bits per heavy atom. The van der Waals surface area contributed by atoms with Gasteiger partial charge in [-0.2, -0.15) is 0 Å². The van der Waals surface area contributed by atoms with Crippen molar-refractivity contribution >= 4 is 16.8 Å². The fraction of sp³-hybridized carbons (Fsp3) is 0.417. The van der Waals surface area contributed by atoms with Crippen molar-refractivity contribution in [1.29, 1.82) is 0 Å². The summed E-state index contributed by atoms with van der Waals surface area (Å²) in [6.45, 7) is 0. The van der Waals surface area contributed by atoms with Crippen molar-refractivity contribution in [3.05, 3.63) is 29.8 Å². The smallest absolute Gasteiger partial charge is 0.252 e. The lowest BCUT2D eigenvalue weighted by Gasteiger charge is -2.13. The van der Waals surface area contributed by atoms with E-state index >= 15 is 0 Å². The first-order valence-corrected chi connectivity index (χ1v) is 5.60. The van der Waals surface area contributed by atoms with E-state index in [0.717, 1.165) is 18.6 Å². The molecule has 1 aromatic rings. The highest BCUT2D eigenvalue weighted by atomic mass is 35.5. The first-order chi connectivity index (χ1) is 7.25. The maximum absolute atomic E-state index is 10.9. The van der Waals surface area contributed by atoms with Gasteiger partial charge in [0.2, 0.25) is 0 Å². The van der Waals surface area contributed by atoms with Crippen molar-refractivity contribution in [3.63, 3.8) is 0 Å². The van der Waals surface area contributed by atoms with Gasteiger partial charge in [0.05, 0.1) is 6.10 Å². The third-order valence-corrected chi connectivity index (χ3v) is 2.88. The predicted molar refractivity (Wildman–Crippen MR) is 59.5 cm³/mol. The first-order valence-electron chi connectivity index (χ1n) is 5.22. The van der Waals surface area contributed by atoms with Crippen molar-refractivity contribution in [2.45, 2.75) is 31.8 Å². The zero-order valence-electron chi connectivity index (χ0n) is 8.41. The normalized spacial score (nSPS) is 16.6. The zero-order chi connectivity index (χ0) is 10.7. The molecule has 1 saturated carbocycles. The molecule has 0 atom stereocenters. The van der Waals surface area contributed by atoms with Crippen molar-refractivity contribution in [3.8, 4) is 5.75 Å². The van der Waals surface area contributed by atoms with Crippen LogP contribution >= 0.6 is 11.6 Å². The van der Waals surface area contributed by atoms with E-state index in [1.54, 1.807) is 18.2 Å². The minimum Gasteiger partial charge on any atom is -0.490 e. The number of hydrogen-bond donors (Lipinski definition) is 0. The summed E-state index contributed by atoms with van der Waals surface area (Å²) >= 11 is 5.40. The summed E-state index contributed by atoms with van der Waals surface area (Å²) in [6.07, 6.45) is 5.00. The van der Waals surface area contributed by atoms with Gasteiger partial charge in [-0.05, 0) is 55.5 Å². The summed E-state index contributed by atoms with van der Waals surface area (Å²) in [6, 6.07) is 7.05. The summed E-state index contributed by atoms with van der Waals surface area (Å²) in [5.74, 6) is 0.744. The molecule has 0 saturated heterocycles. The van der Waals surface area contributed by atoms with Crippen LogP contribution in [-0.2, 0) is 0 Å². The van der Waals surface area contributed by atoms with E-state index in [9.17, 15) is 4.79 Å². The van der Waals surface area contributed by atoms with Crippen molar-refractivity contribution < 1.29 is 9.53 Å². The van der Waals surface area contributed by atoms with Crippen molar-refractivity contribution in [2.75, 3.05) is 0 Å². The summed E-state index contributed by atoms with van der Waals surface area (Å²) in [5, 5.41) is -0.438. The SMILES string of the molecule is O=C(Cl)c1cccc(OC2CCCC2)c1. The molecule has 0 aliphatic heterocycles. The fourth-order valence-corrected chi connectivity index (χ4v) is 2.01. The average Bonchev–Trinajstić information content (AvgIpc) is 2.71. The molecule has 0 bridgehead atoms. The minimum absolute atomic E-state index is 0.311. The van der Waals surface area contributed by atoms with Gasteiger partial charge in [-0.3, -0.25) is 4.79 Å². The largest absolute Gasteiger partial charge is 0.490 e. The molecule has 1 aliphatic rings. The molecule has 0 spiro atoms. The highest BCUT2D eigenvalue weighted by Crippen LogP contribution is 2.24. The lowest BCUT2D eigenvalue weighted by Crippen LogP contribution is -2.10. The molecule has 0 amide bonds. The minimum atomic E-state index is -0.438. The Morgan fingerprint density at radius 1 is 1.33 bits per heavy atom. The van der Waals surface area contributed by atoms with Crippen LogP contribution in [0.15, 0.2) is 24.3 Å². The van der Waals surface area contributed by atoms with E-state index in [1.807, 2.05) is 6.07 Å². The third kappa shape index (κ3) is 2.72. The van der Waals surface area contributed by atoms with Gasteiger partial charge in [0.25, 0.3) is 5.24 Å². The number of rotatable bonds is 3. The molecule has 1 aromatic carbocycles. The molecule has 0 aromatic heterocycles. The van der Waals surface area contributed by atoms with Crippen molar-refractivity contribution in [2.24, 2.45) is 0 Å². The molecule has 1 fully saturated rings. The Morgan fingerprint density at radius 2 is 2.07 bits per heavy atom. The lowest BCUT2D eigenvalue weighted by atomic mass is 10.2. The van der Waals surface area contributed by atoms with Gasteiger partial charge >= 0.3 is 0 Å². The summed E-state index contributed by atoms with van der Waals surface area (Å²) in [7, 11) is 0. The van der Waals surface area contributed by atoms with Crippen LogP contribution in [0.2, 0.25) is 0 Å². The van der Waals surface area contributed by atoms with E-state index in [2.05, 4.69) is 0 Å². The number of hydrogen-bond acceptors (Lipinski definition) is 2. The Hall–Kier alpha value is -1.02. The highest BCUT2D eigenvalue weighted by Gasteiger charge is 2.16. The standard InChI is InChI=1S/C12H13ClO2/c13-12(14)9-4-3-7-11(8-9)15-10-5-1-2-6-10/h3-4,7-8,10H,1-2,5-6H2. The number of ether oxygens (including phenoxy) is 1. The van der Waals surface area contributed by atoms with Gasteiger partial charge in [0.15, 0.2) is 0 Å². The van der Waals surface area contributed by atoms with Gasteiger partial charge in [-0.15, -0.1) is 0 Å². The highest BCUT2D eigenvalue weighted by molar-refractivity contribution is 6.67. The van der Waals surface area contributed by atoms with Crippen LogP contribution < -0.4 is 4.74 Å². The zero-order valence-corrected chi connectivity index (χ0v) is 9.17.